The van der Waals surface area contributed by atoms with E-state index in [-0.39, 0.29) is 5.84 Å². The molecule has 0 saturated carbocycles. The maximum atomic E-state index is 7.54. The predicted molar refractivity (Wildman–Crippen MR) is 101 cm³/mol. The van der Waals surface area contributed by atoms with E-state index < -0.39 is 0 Å². The fraction of sp³-hybridized carbons (Fsp3) is 0.0556. The lowest BCUT2D eigenvalue weighted by atomic mass is 10.2. The van der Waals surface area contributed by atoms with Gasteiger partial charge >= 0.3 is 0 Å². The molecule has 5 aromatic rings. The van der Waals surface area contributed by atoms with E-state index >= 15 is 0 Å². The average molecular weight is 357 g/mol. The minimum atomic E-state index is 0.0296. The molecule has 9 nitrogen and oxygen atoms in total. The Labute approximate surface area is 152 Å². The van der Waals surface area contributed by atoms with Gasteiger partial charge in [-0.3, -0.25) is 5.41 Å². The Bertz CT molecular complexity index is 1280. The van der Waals surface area contributed by atoms with Crippen LogP contribution in [0.4, 0.5) is 0 Å². The summed E-state index contributed by atoms with van der Waals surface area (Å²) < 4.78 is 1.69. The Balaban J connectivity index is 1.47. The molecule has 0 amide bonds. The SMILES string of the molecule is N=C(N)c1ccc2[nH]c(Cc3nc4cc(-n5cncn5)ccc4[nH]3)nc2c1. The third-order valence-electron chi connectivity index (χ3n) is 4.38. The first-order valence-corrected chi connectivity index (χ1v) is 8.32. The standard InChI is InChI=1S/C18H15N9/c19-18(20)10-1-3-12-14(5-10)25-16(23-12)7-17-24-13-4-2-11(6-15(13)26-17)27-9-21-8-22-27/h1-6,8-9H,7H2,(H3,19,20)(H,23,25)(H,24,26). The minimum Gasteiger partial charge on any atom is -0.384 e. The van der Waals surface area contributed by atoms with Crippen LogP contribution in [-0.4, -0.2) is 40.5 Å². The third kappa shape index (κ3) is 2.71. The van der Waals surface area contributed by atoms with E-state index in [1.54, 1.807) is 23.1 Å². The van der Waals surface area contributed by atoms with Crippen molar-refractivity contribution in [2.75, 3.05) is 0 Å². The normalized spacial score (nSPS) is 11.4. The van der Waals surface area contributed by atoms with Crippen LogP contribution < -0.4 is 5.73 Å². The summed E-state index contributed by atoms with van der Waals surface area (Å²) in [5.41, 5.74) is 10.6. The highest BCUT2D eigenvalue weighted by atomic mass is 15.3. The number of H-pyrrole nitrogens is 2. The Morgan fingerprint density at radius 1 is 1.00 bits per heavy atom. The van der Waals surface area contributed by atoms with Gasteiger partial charge in [0.05, 0.1) is 34.2 Å². The molecule has 0 bridgehead atoms. The van der Waals surface area contributed by atoms with Crippen LogP contribution in [0, 0.1) is 5.41 Å². The molecule has 2 aromatic carbocycles. The number of nitrogens with zero attached hydrogens (tertiary/aromatic N) is 5. The quantitative estimate of drug-likeness (QED) is 0.287. The zero-order chi connectivity index (χ0) is 18.4. The van der Waals surface area contributed by atoms with E-state index in [9.17, 15) is 0 Å². The van der Waals surface area contributed by atoms with Crippen molar-refractivity contribution in [2.24, 2.45) is 5.73 Å². The second kappa shape index (κ2) is 5.77. The van der Waals surface area contributed by atoms with Crippen molar-refractivity contribution in [2.45, 2.75) is 6.42 Å². The van der Waals surface area contributed by atoms with Crippen LogP contribution in [-0.2, 0) is 6.42 Å². The van der Waals surface area contributed by atoms with Crippen LogP contribution in [0.2, 0.25) is 0 Å². The first kappa shape index (κ1) is 15.3. The molecule has 5 N–H and O–H groups in total. The second-order valence-corrected chi connectivity index (χ2v) is 6.23. The predicted octanol–water partition coefficient (Wildman–Crippen LogP) is 1.89. The largest absolute Gasteiger partial charge is 0.384 e. The Morgan fingerprint density at radius 3 is 2.37 bits per heavy atom. The van der Waals surface area contributed by atoms with Crippen LogP contribution in [0.15, 0.2) is 49.1 Å². The van der Waals surface area contributed by atoms with E-state index in [1.165, 1.54) is 6.33 Å². The summed E-state index contributed by atoms with van der Waals surface area (Å²) >= 11 is 0. The molecular weight excluding hydrogens is 342 g/mol. The summed E-state index contributed by atoms with van der Waals surface area (Å²) in [6, 6.07) is 11.4. The number of nitrogens with one attached hydrogen (secondary N) is 3. The minimum absolute atomic E-state index is 0.0296. The lowest BCUT2D eigenvalue weighted by molar-refractivity contribution is 0.880. The molecule has 0 spiro atoms. The number of aromatic nitrogens is 7. The molecule has 5 rings (SSSR count). The molecule has 0 unspecified atom stereocenters. The van der Waals surface area contributed by atoms with Gasteiger partial charge in [-0.1, -0.05) is 0 Å². The van der Waals surface area contributed by atoms with Gasteiger partial charge in [-0.2, -0.15) is 5.10 Å². The number of nitrogens with two attached hydrogens (primary N) is 1. The lowest BCUT2D eigenvalue weighted by Gasteiger charge is -1.98. The summed E-state index contributed by atoms with van der Waals surface area (Å²) in [4.78, 5) is 19.8. The van der Waals surface area contributed by atoms with Gasteiger partial charge in [0.25, 0.3) is 0 Å². The molecular formula is C18H15N9. The molecule has 0 aliphatic heterocycles. The number of aromatic amines is 2. The topological polar surface area (TPSA) is 138 Å². The summed E-state index contributed by atoms with van der Waals surface area (Å²) in [5, 5.41) is 11.7. The first-order valence-electron chi connectivity index (χ1n) is 8.32. The number of fused-ring (bicyclic) bond motifs is 2. The van der Waals surface area contributed by atoms with Crippen molar-refractivity contribution in [3.8, 4) is 5.69 Å². The molecule has 0 radical (unpaired) electrons. The average Bonchev–Trinajstić information content (AvgIpc) is 3.39. The lowest BCUT2D eigenvalue weighted by Crippen LogP contribution is -2.10. The van der Waals surface area contributed by atoms with Gasteiger partial charge in [-0.05, 0) is 36.4 Å². The Kier molecular flexibility index (Phi) is 3.26. The van der Waals surface area contributed by atoms with Crippen molar-refractivity contribution in [3.05, 3.63) is 66.3 Å². The van der Waals surface area contributed by atoms with Gasteiger partial charge in [-0.25, -0.2) is 19.6 Å². The molecule has 9 heteroatoms. The summed E-state index contributed by atoms with van der Waals surface area (Å²) in [6.07, 6.45) is 3.69. The fourth-order valence-corrected chi connectivity index (χ4v) is 3.08. The molecule has 132 valence electrons. The zero-order valence-electron chi connectivity index (χ0n) is 14.1. The van der Waals surface area contributed by atoms with Crippen molar-refractivity contribution in [1.82, 2.24) is 34.7 Å². The number of rotatable bonds is 4. The molecule has 0 saturated heterocycles. The molecule has 0 fully saturated rings. The van der Waals surface area contributed by atoms with Gasteiger partial charge in [0.2, 0.25) is 0 Å². The van der Waals surface area contributed by atoms with Gasteiger partial charge in [0.15, 0.2) is 0 Å². The highest BCUT2D eigenvalue weighted by molar-refractivity contribution is 5.97. The molecule has 27 heavy (non-hydrogen) atoms. The summed E-state index contributed by atoms with van der Waals surface area (Å²) in [7, 11) is 0. The summed E-state index contributed by atoms with van der Waals surface area (Å²) in [6.45, 7) is 0. The number of nitrogen functional groups attached to an aromatic ring is 1. The van der Waals surface area contributed by atoms with Crippen LogP contribution in [0.5, 0.6) is 0 Å². The smallest absolute Gasteiger partial charge is 0.138 e. The highest BCUT2D eigenvalue weighted by Gasteiger charge is 2.10. The van der Waals surface area contributed by atoms with Crippen LogP contribution in [0.3, 0.4) is 0 Å². The highest BCUT2D eigenvalue weighted by Crippen LogP contribution is 2.19. The molecule has 3 heterocycles. The Morgan fingerprint density at radius 2 is 1.70 bits per heavy atom. The van der Waals surface area contributed by atoms with E-state index in [2.05, 4.69) is 30.0 Å². The second-order valence-electron chi connectivity index (χ2n) is 6.23. The van der Waals surface area contributed by atoms with E-state index in [0.717, 1.165) is 39.4 Å². The van der Waals surface area contributed by atoms with Gasteiger partial charge in [0, 0.05) is 5.56 Å². The maximum absolute atomic E-state index is 7.54. The fourth-order valence-electron chi connectivity index (χ4n) is 3.08. The number of hydrogen-bond donors (Lipinski definition) is 4. The van der Waals surface area contributed by atoms with E-state index in [1.807, 2.05) is 24.3 Å². The van der Waals surface area contributed by atoms with Gasteiger partial charge in [-0.15, -0.1) is 0 Å². The number of amidine groups is 1. The molecule has 0 aliphatic carbocycles. The zero-order valence-corrected chi connectivity index (χ0v) is 14.1. The molecule has 3 aromatic heterocycles. The number of benzene rings is 2. The van der Waals surface area contributed by atoms with E-state index in [4.69, 9.17) is 11.1 Å². The van der Waals surface area contributed by atoms with Crippen LogP contribution in [0.25, 0.3) is 27.8 Å². The molecule has 0 aliphatic rings. The van der Waals surface area contributed by atoms with Crippen molar-refractivity contribution in [1.29, 1.82) is 5.41 Å². The van der Waals surface area contributed by atoms with Gasteiger partial charge < -0.3 is 15.7 Å². The number of hydrogen-bond acceptors (Lipinski definition) is 5. The van der Waals surface area contributed by atoms with Crippen molar-refractivity contribution < 1.29 is 0 Å². The Hall–Kier alpha value is -4.01. The van der Waals surface area contributed by atoms with E-state index in [0.29, 0.717) is 12.0 Å². The number of imidazole rings is 2. The maximum Gasteiger partial charge on any atom is 0.138 e. The first-order chi connectivity index (χ1) is 13.2. The van der Waals surface area contributed by atoms with Crippen molar-refractivity contribution in [3.63, 3.8) is 0 Å². The summed E-state index contributed by atoms with van der Waals surface area (Å²) in [5.74, 6) is 1.63. The molecule has 0 atom stereocenters. The van der Waals surface area contributed by atoms with Crippen LogP contribution in [0.1, 0.15) is 17.2 Å². The van der Waals surface area contributed by atoms with Crippen molar-refractivity contribution >= 4 is 27.9 Å². The van der Waals surface area contributed by atoms with Crippen LogP contribution >= 0.6 is 0 Å². The monoisotopic (exact) mass is 357 g/mol. The third-order valence-corrected chi connectivity index (χ3v) is 4.38. The van der Waals surface area contributed by atoms with Gasteiger partial charge in [0.1, 0.15) is 30.1 Å².